The maximum absolute atomic E-state index is 13.3. The van der Waals surface area contributed by atoms with Gasteiger partial charge >= 0.3 is 12.1 Å². The number of nitrogen functional groups attached to an aromatic ring is 1. The average Bonchev–Trinajstić information content (AvgIpc) is 1.59. The molecule has 3 amide bonds. The lowest BCUT2D eigenvalue weighted by atomic mass is 9.99. The molecule has 0 bridgehead atoms. The van der Waals surface area contributed by atoms with Crippen LogP contribution in [-0.4, -0.2) is 125 Å². The van der Waals surface area contributed by atoms with Gasteiger partial charge in [0.05, 0.1) is 65.5 Å². The molecule has 8 heterocycles. The number of nitrogens with two attached hydrogens (primary N) is 1. The number of fused-ring (bicyclic) bond motifs is 3. The molecule has 23 nitrogen and oxygen atoms in total. The number of hydrogen-bond acceptors (Lipinski definition) is 22. The Morgan fingerprint density at radius 3 is 2.26 bits per heavy atom. The number of carboxylic acids is 1. The predicted molar refractivity (Wildman–Crippen MR) is 394 cm³/mol. The largest absolute Gasteiger partial charge is 0.493 e. The van der Waals surface area contributed by atoms with E-state index >= 15 is 0 Å². The number of imide groups is 1. The van der Waals surface area contributed by atoms with Gasteiger partial charge in [-0.1, -0.05) is 101 Å². The van der Waals surface area contributed by atoms with Gasteiger partial charge in [-0.3, -0.25) is 39.0 Å². The molecular weight excluding hydrogens is 1460 g/mol. The fraction of sp³-hybridized carbons (Fsp3) is 0.217. The van der Waals surface area contributed by atoms with Crippen LogP contribution >= 0.6 is 80.6 Å². The molecule has 0 saturated carbocycles. The van der Waals surface area contributed by atoms with E-state index in [2.05, 4.69) is 74.6 Å². The molecule has 3 aliphatic heterocycles. The molecule has 3 aliphatic rings. The van der Waals surface area contributed by atoms with Gasteiger partial charge in [0.15, 0.2) is 33.3 Å². The number of β-amino-alcohol motifs (C(OH)–C–C–N with tert-alkyl or cyclic N) is 1. The van der Waals surface area contributed by atoms with Crippen molar-refractivity contribution in [3.05, 3.63) is 213 Å². The van der Waals surface area contributed by atoms with Crippen LogP contribution in [0.15, 0.2) is 131 Å². The second-order valence-electron chi connectivity index (χ2n) is 22.5. The molecule has 10 aromatic rings. The first kappa shape index (κ1) is 74.9. The number of benzene rings is 5. The van der Waals surface area contributed by atoms with E-state index in [0.29, 0.717) is 71.5 Å². The fourth-order valence-electron chi connectivity index (χ4n) is 10.5. The lowest BCUT2D eigenvalue weighted by Gasteiger charge is -2.35. The number of piperazine rings is 1. The van der Waals surface area contributed by atoms with Crippen molar-refractivity contribution in [2.75, 3.05) is 67.7 Å². The molecule has 7 N–H and O–H groups in total. The summed E-state index contributed by atoms with van der Waals surface area (Å²) < 4.78 is 52.5. The Morgan fingerprint density at radius 2 is 1.61 bits per heavy atom. The summed E-state index contributed by atoms with van der Waals surface area (Å²) in [7, 11) is 1.31. The number of aliphatic hydroxyl groups excluding tert-OH is 1. The number of nitrogens with zero attached hydrogens (tertiary/aromatic N) is 11. The number of rotatable bonds is 15. The van der Waals surface area contributed by atoms with Crippen LogP contribution in [0.3, 0.4) is 0 Å². The second-order valence-corrected chi connectivity index (χ2v) is 27.8. The lowest BCUT2D eigenvalue weighted by molar-refractivity contribution is -0.139. The number of thiazole rings is 2. The number of thioether (sulfide) groups is 1. The smallest absolute Gasteiger partial charge is 0.418 e. The number of thiophene rings is 1. The lowest BCUT2D eigenvalue weighted by Crippen LogP contribution is -2.47. The van der Waals surface area contributed by atoms with Crippen molar-refractivity contribution >= 4 is 149 Å². The molecule has 102 heavy (non-hydrogen) atoms. The zero-order valence-corrected chi connectivity index (χ0v) is 60.4. The van der Waals surface area contributed by atoms with Crippen molar-refractivity contribution in [2.24, 2.45) is 4.99 Å². The van der Waals surface area contributed by atoms with E-state index in [-0.39, 0.29) is 41.0 Å². The van der Waals surface area contributed by atoms with Gasteiger partial charge in [0, 0.05) is 75.8 Å². The molecule has 2 fully saturated rings. The number of aromatic nitrogens is 7. The first-order valence-corrected chi connectivity index (χ1v) is 35.2. The maximum atomic E-state index is 13.3. The molecule has 2 saturated heterocycles. The van der Waals surface area contributed by atoms with Gasteiger partial charge < -0.3 is 41.0 Å². The minimum Gasteiger partial charge on any atom is -0.493 e. The van der Waals surface area contributed by atoms with Gasteiger partial charge in [0.2, 0.25) is 0 Å². The van der Waals surface area contributed by atoms with E-state index in [1.165, 1.54) is 71.2 Å². The molecule has 5 aromatic carbocycles. The maximum Gasteiger partial charge on any atom is 0.418 e. The Kier molecular flexibility index (Phi) is 24.5. The van der Waals surface area contributed by atoms with Crippen LogP contribution in [0.2, 0.25) is 15.1 Å². The summed E-state index contributed by atoms with van der Waals surface area (Å²) in [5.74, 6) is 1.32. The topological polar surface area (TPSA) is 295 Å². The number of alkyl halides is 3. The van der Waals surface area contributed by atoms with Crippen LogP contribution in [0.25, 0.3) is 27.2 Å². The van der Waals surface area contributed by atoms with Crippen LogP contribution in [-0.2, 0) is 15.8 Å². The third-order valence-electron chi connectivity index (χ3n) is 15.5. The number of aryl methyl sites for hydroxylation is 4. The van der Waals surface area contributed by atoms with Crippen LogP contribution in [0, 0.1) is 41.2 Å². The summed E-state index contributed by atoms with van der Waals surface area (Å²) in [6.45, 7) is 20.9. The Bertz CT molecular complexity index is 4880. The first-order valence-electron chi connectivity index (χ1n) is 30.7. The number of hydrogen-bond donors (Lipinski definition) is 6. The number of ether oxygens (including phenoxy) is 2. The number of carbonyl (C=O) groups is 4. The van der Waals surface area contributed by atoms with Crippen LogP contribution in [0.5, 0.6) is 17.2 Å². The third-order valence-corrected chi connectivity index (χ3v) is 20.0. The number of carbonyl (C=O) groups excluding carboxylic acids is 3. The average molecular weight is 1520 g/mol. The standard InChI is InChI=1S/C22H26ClN7O2S.C19H17ClN4O2S.C19H11F3N2O4S.C9H7ClN2S/c1-14-4-3-5-16(23)20(14)28-21(32)17-13-24-22(33-17)27-18-12-19(26-15(2)25-18)30-8-6-29(7-9-30)10-11-31;1-9-10(2)27-19-16(9)17(12-4-6-13(20)7-5-12)21-14(8-15(25)26)18-23-22-11(3)24(18)19;1-23-11-4-6-13(12(9-11)19(20,21)22)28-14-5-3-10(7-15(14)27-2)8-16-17(25)24-18(26)29-16;10-7-4-2-1-3-6(7)8-5-13-9(11)12-8/h3-5,12-13,31H,6-11H2,1-2H3,(H,28,32)(H,24,25,26,27);4-7,14H,8H2,1-3H3,(H,25,26);3-9H,2H3,(H,24,25,26);1-5H,(H2,11,12)/b;;16-8-;/t;14-;;/m.0../s1. The molecule has 526 valence electrons. The SMILES string of the molecule is Cc1nc(Nc2ncc(C(=O)Nc3c(C)cccc3Cl)s2)cc(N2CCN(CCO)CC2)n1.Cc1sc2c(c1C)C(c1ccc(Cl)cc1)=N[C@@H](CC(=O)O)c1nnc(C)n1-2.Nc1nc(-c2ccccc2Cl)cs1.[C-]#[N+]c1ccc(Oc2ccc(/C=C3\SC(=O)NC3=O)cc2OC)c(C(F)(F)F)c1. The summed E-state index contributed by atoms with van der Waals surface area (Å²) in [6, 6.07) is 29.1. The molecule has 0 unspecified atom stereocenters. The number of aliphatic imine (C=N–C) groups is 1. The number of halogens is 6. The number of para-hydroxylation sites is 1. The van der Waals surface area contributed by atoms with Crippen LogP contribution in [0.1, 0.15) is 77.9 Å². The number of aliphatic hydroxyl groups is 1. The highest BCUT2D eigenvalue weighted by Crippen LogP contribution is 2.44. The van der Waals surface area contributed by atoms with Crippen molar-refractivity contribution < 1.29 is 52.0 Å². The molecule has 5 aromatic heterocycles. The van der Waals surface area contributed by atoms with Gasteiger partial charge in [-0.15, -0.1) is 32.9 Å². The third kappa shape index (κ3) is 18.5. The van der Waals surface area contributed by atoms with Crippen LogP contribution in [0.4, 0.5) is 51.2 Å². The Morgan fingerprint density at radius 1 is 0.873 bits per heavy atom. The second kappa shape index (κ2) is 33.3. The molecule has 0 radical (unpaired) electrons. The number of aliphatic carboxylic acids is 1. The number of methoxy groups -OCH3 is 1. The minimum atomic E-state index is -4.72. The van der Waals surface area contributed by atoms with Crippen molar-refractivity contribution in [3.63, 3.8) is 0 Å². The van der Waals surface area contributed by atoms with Crippen molar-refractivity contribution in [3.8, 4) is 33.5 Å². The monoisotopic (exact) mass is 1520 g/mol. The highest BCUT2D eigenvalue weighted by molar-refractivity contribution is 8.18. The van der Waals surface area contributed by atoms with E-state index in [1.807, 2.05) is 97.4 Å². The number of anilines is 5. The van der Waals surface area contributed by atoms with Gasteiger partial charge in [-0.05, 0) is 118 Å². The molecular formula is C69H61Cl3F3N15O8S4. The molecule has 13 rings (SSSR count). The number of nitrogens with one attached hydrogen (secondary N) is 3. The highest BCUT2D eigenvalue weighted by Gasteiger charge is 2.36. The summed E-state index contributed by atoms with van der Waals surface area (Å²) in [6.07, 6.45) is -1.89. The highest BCUT2D eigenvalue weighted by atomic mass is 35.5. The molecule has 0 aliphatic carbocycles. The van der Waals surface area contributed by atoms with Gasteiger partial charge in [0.25, 0.3) is 17.1 Å². The normalized spacial score (nSPS) is 14.4. The Labute approximate surface area is 613 Å². The number of carboxylic acid groups (broad SMARTS) is 1. The molecule has 0 spiro atoms. The summed E-state index contributed by atoms with van der Waals surface area (Å²) in [5.41, 5.74) is 11.8. The van der Waals surface area contributed by atoms with Gasteiger partial charge in [-0.2, -0.15) is 13.2 Å². The zero-order valence-electron chi connectivity index (χ0n) is 54.9. The molecule has 33 heteroatoms. The van der Waals surface area contributed by atoms with Gasteiger partial charge in [-0.25, -0.2) is 24.8 Å². The summed E-state index contributed by atoms with van der Waals surface area (Å²) in [4.78, 5) is 78.7. The first-order chi connectivity index (χ1) is 48.8. The quantitative estimate of drug-likeness (QED) is 0.0410. The zero-order chi connectivity index (χ0) is 73.1. The van der Waals surface area contributed by atoms with E-state index in [1.54, 1.807) is 17.4 Å². The number of amides is 3. The van der Waals surface area contributed by atoms with Crippen molar-refractivity contribution in [2.45, 2.75) is 53.3 Å². The van der Waals surface area contributed by atoms with E-state index in [9.17, 15) is 37.5 Å². The van der Waals surface area contributed by atoms with E-state index < -0.39 is 40.6 Å². The predicted octanol–water partition coefficient (Wildman–Crippen LogP) is 16.0. The van der Waals surface area contributed by atoms with Gasteiger partial charge in [0.1, 0.15) is 45.0 Å². The van der Waals surface area contributed by atoms with E-state index in [4.69, 9.17) is 66.7 Å². The Balaban J connectivity index is 0.000000152. The summed E-state index contributed by atoms with van der Waals surface area (Å²) >= 11 is 23.3. The molecule has 1 atom stereocenters. The Hall–Kier alpha value is -9.81. The van der Waals surface area contributed by atoms with Crippen LogP contribution < -0.4 is 36.1 Å². The van der Waals surface area contributed by atoms with E-state index in [0.717, 1.165) is 99.9 Å². The van der Waals surface area contributed by atoms with Crippen molar-refractivity contribution in [1.29, 1.82) is 0 Å². The fourth-order valence-corrected chi connectivity index (χ4v) is 14.3. The summed E-state index contributed by atoms with van der Waals surface area (Å²) in [5, 5.41) is 40.5. The van der Waals surface area contributed by atoms with Crippen molar-refractivity contribution in [1.82, 2.24) is 44.9 Å². The minimum absolute atomic E-state index is 0.00955.